The first-order valence-electron chi connectivity index (χ1n) is 3.46. The van der Waals surface area contributed by atoms with E-state index in [1.165, 1.54) is 4.68 Å². The van der Waals surface area contributed by atoms with Crippen LogP contribution in [0.5, 0.6) is 0 Å². The van der Waals surface area contributed by atoms with Crippen molar-refractivity contribution in [3.8, 4) is 0 Å². The molecule has 4 heteroatoms. The molecule has 0 unspecified atom stereocenters. The lowest BCUT2D eigenvalue weighted by atomic mass is 10.2. The molecule has 0 fully saturated rings. The van der Waals surface area contributed by atoms with E-state index in [2.05, 4.69) is 21.0 Å². The predicted octanol–water partition coefficient (Wildman–Crippen LogP) is 2.47. The summed E-state index contributed by atoms with van der Waals surface area (Å²) in [7, 11) is 1.72. The molecule has 0 radical (unpaired) electrons. The second-order valence-electron chi connectivity index (χ2n) is 2.58. The van der Waals surface area contributed by atoms with Gasteiger partial charge < -0.3 is 0 Å². The van der Waals surface area contributed by atoms with Gasteiger partial charge in [-0.15, -0.1) is 5.10 Å². The van der Waals surface area contributed by atoms with Crippen LogP contribution in [0, 0.1) is 5.95 Å². The summed E-state index contributed by atoms with van der Waals surface area (Å²) in [6.07, 6.45) is 0. The van der Waals surface area contributed by atoms with Crippen molar-refractivity contribution in [2.75, 3.05) is 0 Å². The number of nitrogens with zero attached hydrogens (tertiary/aromatic N) is 2. The molecule has 62 valence electrons. The summed E-state index contributed by atoms with van der Waals surface area (Å²) in [5.41, 5.74) is 0.802. The monoisotopic (exact) mass is 228 g/mol. The Morgan fingerprint density at radius 2 is 2.25 bits per heavy atom. The van der Waals surface area contributed by atoms with E-state index in [1.807, 2.05) is 12.1 Å². The lowest BCUT2D eigenvalue weighted by molar-refractivity contribution is 0.562. The van der Waals surface area contributed by atoms with E-state index in [0.717, 1.165) is 9.99 Å². The van der Waals surface area contributed by atoms with E-state index in [-0.39, 0.29) is 0 Å². The van der Waals surface area contributed by atoms with E-state index in [9.17, 15) is 4.39 Å². The summed E-state index contributed by atoms with van der Waals surface area (Å²) in [5.74, 6) is -0.422. The molecule has 0 saturated heterocycles. The first-order chi connectivity index (χ1) is 5.68. The maximum Gasteiger partial charge on any atom is 0.240 e. The molecule has 2 aromatic rings. The minimum atomic E-state index is -0.422. The SMILES string of the molecule is Cn1nc(F)c2cc(Br)ccc21. The number of halogens is 2. The molecule has 0 aliphatic heterocycles. The number of fused-ring (bicyclic) bond motifs is 1. The van der Waals surface area contributed by atoms with Gasteiger partial charge in [0, 0.05) is 11.5 Å². The normalized spacial score (nSPS) is 10.9. The number of hydrogen-bond donors (Lipinski definition) is 0. The maximum absolute atomic E-state index is 13.0. The van der Waals surface area contributed by atoms with Crippen molar-refractivity contribution in [1.29, 1.82) is 0 Å². The standard InChI is InChI=1S/C8H6BrFN2/c1-12-7-3-2-5(9)4-6(7)8(10)11-12/h2-4H,1H3. The minimum Gasteiger partial charge on any atom is -0.265 e. The first-order valence-corrected chi connectivity index (χ1v) is 4.25. The summed E-state index contributed by atoms with van der Waals surface area (Å²) in [4.78, 5) is 0. The lowest BCUT2D eigenvalue weighted by Gasteiger charge is -1.92. The fraction of sp³-hybridized carbons (Fsp3) is 0.125. The smallest absolute Gasteiger partial charge is 0.240 e. The maximum atomic E-state index is 13.0. The number of aromatic nitrogens is 2. The van der Waals surface area contributed by atoms with Crippen molar-refractivity contribution in [2.24, 2.45) is 7.05 Å². The Hall–Kier alpha value is -0.900. The molecule has 0 amide bonds. The van der Waals surface area contributed by atoms with Gasteiger partial charge in [-0.25, -0.2) is 0 Å². The van der Waals surface area contributed by atoms with Gasteiger partial charge in [0.1, 0.15) is 0 Å². The molecule has 0 spiro atoms. The van der Waals surface area contributed by atoms with Gasteiger partial charge in [-0.05, 0) is 18.2 Å². The van der Waals surface area contributed by atoms with Crippen LogP contribution in [0.2, 0.25) is 0 Å². The molecule has 2 nitrogen and oxygen atoms in total. The highest BCUT2D eigenvalue weighted by Gasteiger charge is 2.06. The van der Waals surface area contributed by atoms with Crippen LogP contribution in [0.3, 0.4) is 0 Å². The molecule has 0 aliphatic carbocycles. The fourth-order valence-electron chi connectivity index (χ4n) is 1.20. The van der Waals surface area contributed by atoms with Crippen LogP contribution in [-0.2, 0) is 7.05 Å². The Morgan fingerprint density at radius 1 is 1.50 bits per heavy atom. The molecule has 2 rings (SSSR count). The van der Waals surface area contributed by atoms with E-state index in [4.69, 9.17) is 0 Å². The van der Waals surface area contributed by atoms with Gasteiger partial charge in [-0.3, -0.25) is 4.68 Å². The van der Waals surface area contributed by atoms with Gasteiger partial charge in [0.2, 0.25) is 5.95 Å². The highest BCUT2D eigenvalue weighted by Crippen LogP contribution is 2.21. The summed E-state index contributed by atoms with van der Waals surface area (Å²) >= 11 is 3.27. The number of aryl methyl sites for hydroxylation is 1. The van der Waals surface area contributed by atoms with Gasteiger partial charge in [0.15, 0.2) is 0 Å². The molecule has 0 bridgehead atoms. The van der Waals surface area contributed by atoms with Crippen LogP contribution >= 0.6 is 15.9 Å². The summed E-state index contributed by atoms with van der Waals surface area (Å²) in [6.45, 7) is 0. The predicted molar refractivity (Wildman–Crippen MR) is 48.4 cm³/mol. The Labute approximate surface area is 77.1 Å². The zero-order chi connectivity index (χ0) is 8.72. The number of hydrogen-bond acceptors (Lipinski definition) is 1. The average molecular weight is 229 g/mol. The Kier molecular flexibility index (Phi) is 1.65. The van der Waals surface area contributed by atoms with E-state index < -0.39 is 5.95 Å². The highest BCUT2D eigenvalue weighted by molar-refractivity contribution is 9.10. The number of benzene rings is 1. The molecular weight excluding hydrogens is 223 g/mol. The van der Waals surface area contributed by atoms with Gasteiger partial charge in [-0.1, -0.05) is 15.9 Å². The van der Waals surface area contributed by atoms with Crippen molar-refractivity contribution in [1.82, 2.24) is 9.78 Å². The molecule has 1 heterocycles. The summed E-state index contributed by atoms with van der Waals surface area (Å²) in [6, 6.07) is 5.41. The topological polar surface area (TPSA) is 17.8 Å². The fourth-order valence-corrected chi connectivity index (χ4v) is 1.56. The molecular formula is C8H6BrFN2. The largest absolute Gasteiger partial charge is 0.265 e. The van der Waals surface area contributed by atoms with Crippen LogP contribution in [0.25, 0.3) is 10.9 Å². The third-order valence-electron chi connectivity index (χ3n) is 1.77. The van der Waals surface area contributed by atoms with Crippen LogP contribution in [0.1, 0.15) is 0 Å². The zero-order valence-corrected chi connectivity index (χ0v) is 7.97. The van der Waals surface area contributed by atoms with E-state index in [0.29, 0.717) is 5.39 Å². The Balaban J connectivity index is 2.90. The van der Waals surface area contributed by atoms with Crippen LogP contribution < -0.4 is 0 Å². The van der Waals surface area contributed by atoms with Gasteiger partial charge in [0.05, 0.1) is 10.9 Å². The van der Waals surface area contributed by atoms with Gasteiger partial charge in [-0.2, -0.15) is 4.39 Å². The highest BCUT2D eigenvalue weighted by atomic mass is 79.9. The average Bonchev–Trinajstić information content (AvgIpc) is 2.28. The van der Waals surface area contributed by atoms with Crippen molar-refractivity contribution >= 4 is 26.8 Å². The second kappa shape index (κ2) is 2.55. The first kappa shape index (κ1) is 7.73. The van der Waals surface area contributed by atoms with E-state index in [1.54, 1.807) is 13.1 Å². The third kappa shape index (κ3) is 1.03. The van der Waals surface area contributed by atoms with Crippen molar-refractivity contribution < 1.29 is 4.39 Å². The van der Waals surface area contributed by atoms with Crippen molar-refractivity contribution in [3.63, 3.8) is 0 Å². The van der Waals surface area contributed by atoms with Crippen molar-refractivity contribution in [3.05, 3.63) is 28.6 Å². The molecule has 0 aliphatic rings. The molecule has 1 aromatic heterocycles. The zero-order valence-electron chi connectivity index (χ0n) is 6.38. The lowest BCUT2D eigenvalue weighted by Crippen LogP contribution is -1.88. The van der Waals surface area contributed by atoms with Crippen molar-refractivity contribution in [2.45, 2.75) is 0 Å². The summed E-state index contributed by atoms with van der Waals surface area (Å²) in [5, 5.41) is 4.21. The van der Waals surface area contributed by atoms with Crippen LogP contribution in [0.4, 0.5) is 4.39 Å². The van der Waals surface area contributed by atoms with Gasteiger partial charge >= 0.3 is 0 Å². The minimum absolute atomic E-state index is 0.422. The molecule has 1 aromatic carbocycles. The molecule has 0 atom stereocenters. The molecule has 12 heavy (non-hydrogen) atoms. The second-order valence-corrected chi connectivity index (χ2v) is 3.49. The van der Waals surface area contributed by atoms with E-state index >= 15 is 0 Å². The Morgan fingerprint density at radius 3 is 3.00 bits per heavy atom. The molecule has 0 N–H and O–H groups in total. The van der Waals surface area contributed by atoms with Crippen LogP contribution in [0.15, 0.2) is 22.7 Å². The van der Waals surface area contributed by atoms with Crippen LogP contribution in [-0.4, -0.2) is 9.78 Å². The quantitative estimate of drug-likeness (QED) is 0.678. The summed E-state index contributed by atoms with van der Waals surface area (Å²) < 4.78 is 15.4. The van der Waals surface area contributed by atoms with Gasteiger partial charge in [0.25, 0.3) is 0 Å². The molecule has 0 saturated carbocycles. The third-order valence-corrected chi connectivity index (χ3v) is 2.26. The number of rotatable bonds is 0. The Bertz CT molecular complexity index is 436.